The molecule has 0 saturated heterocycles. The van der Waals surface area contributed by atoms with Crippen LogP contribution in [0.15, 0.2) is 48.5 Å². The molecule has 0 fully saturated rings. The summed E-state index contributed by atoms with van der Waals surface area (Å²) >= 11 is 0. The average molecular weight is 255 g/mol. The molecule has 0 spiro atoms. The molecule has 1 aliphatic heterocycles. The first-order chi connectivity index (χ1) is 9.24. The summed E-state index contributed by atoms with van der Waals surface area (Å²) in [4.78, 5) is 12.3. The zero-order valence-corrected chi connectivity index (χ0v) is 10.4. The molecule has 0 aliphatic carbocycles. The van der Waals surface area contributed by atoms with E-state index in [0.717, 1.165) is 0 Å². The maximum Gasteiger partial charge on any atom is 0.180 e. The van der Waals surface area contributed by atoms with E-state index in [1.54, 1.807) is 12.1 Å². The van der Waals surface area contributed by atoms with Crippen molar-refractivity contribution in [3.63, 3.8) is 0 Å². The van der Waals surface area contributed by atoms with Crippen molar-refractivity contribution in [2.45, 2.75) is 19.0 Å². The maximum absolute atomic E-state index is 12.9. The first-order valence-electron chi connectivity index (χ1n) is 6.34. The lowest BCUT2D eigenvalue weighted by atomic mass is 9.91. The van der Waals surface area contributed by atoms with E-state index >= 15 is 0 Å². The zero-order chi connectivity index (χ0) is 13.2. The number of benzene rings is 2. The molecule has 0 aromatic heterocycles. The number of Topliss-reactive ketones (excluding diaryl/α,β-unsaturated/α-hetero) is 1. The van der Waals surface area contributed by atoms with Gasteiger partial charge in [-0.05, 0) is 41.8 Å². The number of hydrogen-bond acceptors (Lipinski definition) is 2. The summed E-state index contributed by atoms with van der Waals surface area (Å²) in [6, 6.07) is 13.6. The largest absolute Gasteiger partial charge is 0.303 e. The third kappa shape index (κ3) is 2.42. The van der Waals surface area contributed by atoms with E-state index in [1.165, 1.54) is 23.3 Å². The van der Waals surface area contributed by atoms with Gasteiger partial charge in [0.2, 0.25) is 0 Å². The molecule has 2 nitrogen and oxygen atoms in total. The summed E-state index contributed by atoms with van der Waals surface area (Å²) < 4.78 is 12.9. The van der Waals surface area contributed by atoms with Crippen molar-refractivity contribution in [2.75, 3.05) is 0 Å². The van der Waals surface area contributed by atoms with Crippen molar-refractivity contribution in [1.82, 2.24) is 5.32 Å². The lowest BCUT2D eigenvalue weighted by molar-refractivity contribution is 0.0938. The van der Waals surface area contributed by atoms with Gasteiger partial charge in [0.05, 0.1) is 6.04 Å². The fraction of sp³-hybridized carbons (Fsp3) is 0.188. The molecular weight excluding hydrogens is 241 g/mol. The van der Waals surface area contributed by atoms with E-state index < -0.39 is 0 Å². The lowest BCUT2D eigenvalue weighted by Gasteiger charge is -2.25. The highest BCUT2D eigenvalue weighted by Crippen LogP contribution is 2.18. The Morgan fingerprint density at radius 3 is 2.47 bits per heavy atom. The van der Waals surface area contributed by atoms with E-state index in [-0.39, 0.29) is 17.6 Å². The number of halogens is 1. The van der Waals surface area contributed by atoms with Gasteiger partial charge in [-0.2, -0.15) is 0 Å². The van der Waals surface area contributed by atoms with E-state index in [0.29, 0.717) is 18.5 Å². The number of hydrogen-bond donors (Lipinski definition) is 1. The number of nitrogens with one attached hydrogen (secondary N) is 1. The van der Waals surface area contributed by atoms with Crippen LogP contribution in [0.2, 0.25) is 0 Å². The normalized spacial score (nSPS) is 17.8. The number of carbonyl (C=O) groups excluding carboxylic acids is 1. The summed E-state index contributed by atoms with van der Waals surface area (Å²) in [6.45, 7) is 0.702. The first kappa shape index (κ1) is 12.1. The summed E-state index contributed by atoms with van der Waals surface area (Å²) in [5.74, 6) is -0.298. The van der Waals surface area contributed by atoms with Crippen LogP contribution in [0.25, 0.3) is 0 Å². The van der Waals surface area contributed by atoms with Crippen LogP contribution < -0.4 is 5.32 Å². The molecule has 1 heterocycles. The van der Waals surface area contributed by atoms with Crippen LogP contribution in [0, 0.1) is 5.82 Å². The van der Waals surface area contributed by atoms with Crippen LogP contribution in [0.3, 0.4) is 0 Å². The fourth-order valence-electron chi connectivity index (χ4n) is 2.46. The molecule has 96 valence electrons. The molecule has 2 aromatic rings. The van der Waals surface area contributed by atoms with Crippen molar-refractivity contribution < 1.29 is 9.18 Å². The van der Waals surface area contributed by atoms with Gasteiger partial charge in [0.1, 0.15) is 5.82 Å². The predicted octanol–water partition coefficient (Wildman–Crippen LogP) is 2.72. The molecule has 3 heteroatoms. The third-order valence-electron chi connectivity index (χ3n) is 3.53. The monoisotopic (exact) mass is 255 g/mol. The van der Waals surface area contributed by atoms with E-state index in [4.69, 9.17) is 0 Å². The quantitative estimate of drug-likeness (QED) is 0.836. The number of rotatable bonds is 2. The summed E-state index contributed by atoms with van der Waals surface area (Å²) in [5.41, 5.74) is 3.01. The van der Waals surface area contributed by atoms with Crippen LogP contribution in [-0.4, -0.2) is 11.8 Å². The lowest BCUT2D eigenvalue weighted by Crippen LogP contribution is -2.41. The molecule has 2 aromatic carbocycles. The van der Waals surface area contributed by atoms with Crippen molar-refractivity contribution in [3.8, 4) is 0 Å². The van der Waals surface area contributed by atoms with Crippen molar-refractivity contribution in [3.05, 3.63) is 71.0 Å². The minimum absolute atomic E-state index is 0.0227. The van der Waals surface area contributed by atoms with Crippen molar-refractivity contribution >= 4 is 5.78 Å². The average Bonchev–Trinajstić information content (AvgIpc) is 2.47. The smallest absolute Gasteiger partial charge is 0.180 e. The maximum atomic E-state index is 12.9. The molecular formula is C16H14FNO. The summed E-state index contributed by atoms with van der Waals surface area (Å²) in [7, 11) is 0. The van der Waals surface area contributed by atoms with Crippen molar-refractivity contribution in [1.29, 1.82) is 0 Å². The summed E-state index contributed by atoms with van der Waals surface area (Å²) in [5, 5.41) is 3.24. The van der Waals surface area contributed by atoms with Crippen molar-refractivity contribution in [2.24, 2.45) is 0 Å². The highest BCUT2D eigenvalue weighted by atomic mass is 19.1. The number of carbonyl (C=O) groups is 1. The Kier molecular flexibility index (Phi) is 3.13. The molecule has 0 bridgehead atoms. The van der Waals surface area contributed by atoms with Crippen LogP contribution in [0.5, 0.6) is 0 Å². The molecule has 3 rings (SSSR count). The second kappa shape index (κ2) is 4.94. The topological polar surface area (TPSA) is 29.1 Å². The van der Waals surface area contributed by atoms with Crippen LogP contribution in [0.1, 0.15) is 21.5 Å². The van der Waals surface area contributed by atoms with E-state index in [9.17, 15) is 9.18 Å². The standard InChI is InChI=1S/C16H14FNO/c17-14-7-5-11(6-8-14)16(19)15-9-12-3-1-2-4-13(12)10-18-15/h1-8,15,18H,9-10H2. The third-order valence-corrected chi connectivity index (χ3v) is 3.53. The van der Waals surface area contributed by atoms with Gasteiger partial charge in [-0.1, -0.05) is 24.3 Å². The Hall–Kier alpha value is -2.00. The second-order valence-electron chi connectivity index (χ2n) is 4.78. The molecule has 0 amide bonds. The molecule has 0 saturated carbocycles. The van der Waals surface area contributed by atoms with Gasteiger partial charge in [0.25, 0.3) is 0 Å². The van der Waals surface area contributed by atoms with Gasteiger partial charge in [-0.15, -0.1) is 0 Å². The number of ketones is 1. The molecule has 1 unspecified atom stereocenters. The van der Waals surface area contributed by atoms with Crippen LogP contribution >= 0.6 is 0 Å². The van der Waals surface area contributed by atoms with Gasteiger partial charge in [-0.25, -0.2) is 4.39 Å². The molecule has 19 heavy (non-hydrogen) atoms. The zero-order valence-electron chi connectivity index (χ0n) is 10.4. The van der Waals surface area contributed by atoms with E-state index in [1.807, 2.05) is 12.1 Å². The highest BCUT2D eigenvalue weighted by Gasteiger charge is 2.24. The minimum atomic E-state index is -0.321. The Labute approximate surface area is 111 Å². The summed E-state index contributed by atoms with van der Waals surface area (Å²) in [6.07, 6.45) is 0.687. The Morgan fingerprint density at radius 1 is 1.05 bits per heavy atom. The van der Waals surface area contributed by atoms with Gasteiger partial charge < -0.3 is 5.32 Å². The van der Waals surface area contributed by atoms with Crippen LogP contribution in [0.4, 0.5) is 4.39 Å². The Bertz CT molecular complexity index is 606. The molecule has 1 N–H and O–H groups in total. The van der Waals surface area contributed by atoms with E-state index in [2.05, 4.69) is 17.4 Å². The first-order valence-corrected chi connectivity index (χ1v) is 6.34. The molecule has 0 radical (unpaired) electrons. The highest BCUT2D eigenvalue weighted by molar-refractivity contribution is 6.00. The number of fused-ring (bicyclic) bond motifs is 1. The van der Waals surface area contributed by atoms with Crippen LogP contribution in [-0.2, 0) is 13.0 Å². The Balaban J connectivity index is 1.81. The van der Waals surface area contributed by atoms with Gasteiger partial charge >= 0.3 is 0 Å². The Morgan fingerprint density at radius 2 is 1.74 bits per heavy atom. The van der Waals surface area contributed by atoms with Gasteiger partial charge in [0, 0.05) is 12.1 Å². The fourth-order valence-corrected chi connectivity index (χ4v) is 2.46. The molecule has 1 atom stereocenters. The predicted molar refractivity (Wildman–Crippen MR) is 71.5 cm³/mol. The second-order valence-corrected chi connectivity index (χ2v) is 4.78. The minimum Gasteiger partial charge on any atom is -0.303 e. The molecule has 1 aliphatic rings. The van der Waals surface area contributed by atoms with Gasteiger partial charge in [0.15, 0.2) is 5.78 Å². The SMILES string of the molecule is O=C(c1ccc(F)cc1)C1Cc2ccccc2CN1. The van der Waals surface area contributed by atoms with Gasteiger partial charge in [-0.3, -0.25) is 4.79 Å².